The number of hydrogen-bond donors (Lipinski definition) is 1. The Bertz CT molecular complexity index is 466. The summed E-state index contributed by atoms with van der Waals surface area (Å²) in [4.78, 5) is 0. The SMILES string of the molecule is CC(NCC1(C(C)C)CC1)c1ccc2c(c1)OCO2. The van der Waals surface area contributed by atoms with Gasteiger partial charge in [0.25, 0.3) is 0 Å². The van der Waals surface area contributed by atoms with Crippen molar-refractivity contribution in [2.75, 3.05) is 13.3 Å². The molecule has 1 aliphatic heterocycles. The van der Waals surface area contributed by atoms with Crippen LogP contribution in [0.4, 0.5) is 0 Å². The zero-order chi connectivity index (χ0) is 13.5. The Morgan fingerprint density at radius 3 is 2.58 bits per heavy atom. The number of ether oxygens (including phenoxy) is 2. The van der Waals surface area contributed by atoms with Gasteiger partial charge in [-0.1, -0.05) is 19.9 Å². The van der Waals surface area contributed by atoms with Gasteiger partial charge in [0.1, 0.15) is 0 Å². The number of nitrogens with one attached hydrogen (secondary N) is 1. The largest absolute Gasteiger partial charge is 0.454 e. The molecule has 0 radical (unpaired) electrons. The highest BCUT2D eigenvalue weighted by Gasteiger charge is 2.44. The number of hydrogen-bond acceptors (Lipinski definition) is 3. The molecule has 0 aromatic heterocycles. The van der Waals surface area contributed by atoms with Crippen molar-refractivity contribution in [1.82, 2.24) is 5.32 Å². The average Bonchev–Trinajstić information content (AvgIpc) is 3.06. The molecule has 1 N–H and O–H groups in total. The lowest BCUT2D eigenvalue weighted by Gasteiger charge is -2.23. The first kappa shape index (κ1) is 12.8. The van der Waals surface area contributed by atoms with Crippen LogP contribution in [0.25, 0.3) is 0 Å². The lowest BCUT2D eigenvalue weighted by Crippen LogP contribution is -2.29. The van der Waals surface area contributed by atoms with E-state index in [-0.39, 0.29) is 0 Å². The van der Waals surface area contributed by atoms with Gasteiger partial charge in [0.15, 0.2) is 11.5 Å². The molecule has 1 atom stereocenters. The molecule has 1 saturated carbocycles. The monoisotopic (exact) mass is 261 g/mol. The predicted molar refractivity (Wildman–Crippen MR) is 75.5 cm³/mol. The van der Waals surface area contributed by atoms with E-state index in [2.05, 4.69) is 38.2 Å². The van der Waals surface area contributed by atoms with E-state index >= 15 is 0 Å². The summed E-state index contributed by atoms with van der Waals surface area (Å²) in [6, 6.07) is 6.57. The quantitative estimate of drug-likeness (QED) is 0.880. The Hall–Kier alpha value is -1.22. The minimum atomic E-state index is 0.344. The molecular weight excluding hydrogens is 238 g/mol. The standard InChI is InChI=1S/C16H23NO2/c1-11(2)16(6-7-16)9-17-12(3)13-4-5-14-15(8-13)19-10-18-14/h4-5,8,11-12,17H,6-7,9-10H2,1-3H3. The van der Waals surface area contributed by atoms with Crippen molar-refractivity contribution < 1.29 is 9.47 Å². The third-order valence-electron chi connectivity index (χ3n) is 4.77. The molecule has 1 aromatic carbocycles. The highest BCUT2D eigenvalue weighted by Crippen LogP contribution is 2.51. The number of benzene rings is 1. The molecule has 3 nitrogen and oxygen atoms in total. The molecular formula is C16H23NO2. The van der Waals surface area contributed by atoms with Crippen LogP contribution in [0.5, 0.6) is 11.5 Å². The van der Waals surface area contributed by atoms with E-state index in [1.165, 1.54) is 18.4 Å². The molecule has 0 bridgehead atoms. The zero-order valence-electron chi connectivity index (χ0n) is 12.0. The van der Waals surface area contributed by atoms with Crippen molar-refractivity contribution in [3.8, 4) is 11.5 Å². The predicted octanol–water partition coefficient (Wildman–Crippen LogP) is 3.50. The highest BCUT2D eigenvalue weighted by atomic mass is 16.7. The van der Waals surface area contributed by atoms with Gasteiger partial charge in [-0.2, -0.15) is 0 Å². The highest BCUT2D eigenvalue weighted by molar-refractivity contribution is 5.45. The Labute approximate surface area is 115 Å². The van der Waals surface area contributed by atoms with Crippen LogP contribution in [0.1, 0.15) is 45.2 Å². The van der Waals surface area contributed by atoms with Crippen LogP contribution in [0.2, 0.25) is 0 Å². The van der Waals surface area contributed by atoms with Crippen molar-refractivity contribution in [2.45, 2.75) is 39.7 Å². The summed E-state index contributed by atoms with van der Waals surface area (Å²) in [6.45, 7) is 8.34. The van der Waals surface area contributed by atoms with Crippen molar-refractivity contribution in [3.63, 3.8) is 0 Å². The number of fused-ring (bicyclic) bond motifs is 1. The van der Waals surface area contributed by atoms with Crippen LogP contribution in [0, 0.1) is 11.3 Å². The topological polar surface area (TPSA) is 30.5 Å². The van der Waals surface area contributed by atoms with Gasteiger partial charge in [-0.05, 0) is 48.8 Å². The molecule has 3 heteroatoms. The Balaban J connectivity index is 1.63. The Kier molecular flexibility index (Phi) is 3.17. The summed E-state index contributed by atoms with van der Waals surface area (Å²) in [5.41, 5.74) is 1.81. The summed E-state index contributed by atoms with van der Waals surface area (Å²) in [7, 11) is 0. The molecule has 0 saturated heterocycles. The van der Waals surface area contributed by atoms with E-state index in [0.717, 1.165) is 24.0 Å². The fourth-order valence-electron chi connectivity index (χ4n) is 2.78. The molecule has 1 aliphatic carbocycles. The summed E-state index contributed by atoms with van der Waals surface area (Å²) >= 11 is 0. The van der Waals surface area contributed by atoms with Crippen LogP contribution < -0.4 is 14.8 Å². The van der Waals surface area contributed by atoms with Crippen molar-refractivity contribution in [2.24, 2.45) is 11.3 Å². The minimum absolute atomic E-state index is 0.344. The van der Waals surface area contributed by atoms with Crippen LogP contribution in [-0.4, -0.2) is 13.3 Å². The van der Waals surface area contributed by atoms with Crippen molar-refractivity contribution >= 4 is 0 Å². The third kappa shape index (κ3) is 2.44. The maximum Gasteiger partial charge on any atom is 0.231 e. The van der Waals surface area contributed by atoms with Crippen LogP contribution in [0.3, 0.4) is 0 Å². The summed E-state index contributed by atoms with van der Waals surface area (Å²) < 4.78 is 10.8. The molecule has 1 fully saturated rings. The van der Waals surface area contributed by atoms with E-state index in [1.54, 1.807) is 0 Å². The van der Waals surface area contributed by atoms with Gasteiger partial charge in [-0.15, -0.1) is 0 Å². The zero-order valence-corrected chi connectivity index (χ0v) is 12.0. The van der Waals surface area contributed by atoms with Crippen LogP contribution in [-0.2, 0) is 0 Å². The smallest absolute Gasteiger partial charge is 0.231 e. The Morgan fingerprint density at radius 1 is 1.16 bits per heavy atom. The van der Waals surface area contributed by atoms with Gasteiger partial charge in [0.2, 0.25) is 6.79 Å². The van der Waals surface area contributed by atoms with Crippen LogP contribution >= 0.6 is 0 Å². The first-order valence-corrected chi connectivity index (χ1v) is 7.24. The van der Waals surface area contributed by atoms with Crippen molar-refractivity contribution in [1.29, 1.82) is 0 Å². The lowest BCUT2D eigenvalue weighted by molar-refractivity contribution is 0.174. The average molecular weight is 261 g/mol. The van der Waals surface area contributed by atoms with E-state index in [0.29, 0.717) is 18.2 Å². The van der Waals surface area contributed by atoms with Gasteiger partial charge in [0.05, 0.1) is 0 Å². The molecule has 0 spiro atoms. The molecule has 2 aliphatic rings. The molecule has 1 unspecified atom stereocenters. The third-order valence-corrected chi connectivity index (χ3v) is 4.77. The minimum Gasteiger partial charge on any atom is -0.454 e. The van der Waals surface area contributed by atoms with Gasteiger partial charge in [-0.3, -0.25) is 0 Å². The second-order valence-electron chi connectivity index (χ2n) is 6.23. The van der Waals surface area contributed by atoms with Crippen LogP contribution in [0.15, 0.2) is 18.2 Å². The normalized spacial score (nSPS) is 20.6. The summed E-state index contributed by atoms with van der Waals surface area (Å²) in [6.07, 6.45) is 2.73. The second-order valence-corrected chi connectivity index (χ2v) is 6.23. The maximum atomic E-state index is 5.44. The number of rotatable bonds is 5. The van der Waals surface area contributed by atoms with E-state index in [1.807, 2.05) is 6.07 Å². The Morgan fingerprint density at radius 2 is 1.89 bits per heavy atom. The van der Waals surface area contributed by atoms with E-state index in [9.17, 15) is 0 Å². The first-order valence-electron chi connectivity index (χ1n) is 7.24. The first-order chi connectivity index (χ1) is 9.11. The maximum absolute atomic E-state index is 5.44. The van der Waals surface area contributed by atoms with Gasteiger partial charge in [0, 0.05) is 12.6 Å². The molecule has 104 valence electrons. The summed E-state index contributed by atoms with van der Waals surface area (Å²) in [5, 5.41) is 3.68. The molecule has 1 aromatic rings. The van der Waals surface area contributed by atoms with Gasteiger partial charge < -0.3 is 14.8 Å². The van der Waals surface area contributed by atoms with Gasteiger partial charge >= 0.3 is 0 Å². The van der Waals surface area contributed by atoms with E-state index < -0.39 is 0 Å². The van der Waals surface area contributed by atoms with Gasteiger partial charge in [-0.25, -0.2) is 0 Å². The molecule has 3 rings (SSSR count). The second kappa shape index (κ2) is 4.71. The lowest BCUT2D eigenvalue weighted by atomic mass is 9.92. The van der Waals surface area contributed by atoms with E-state index in [4.69, 9.17) is 9.47 Å². The molecule has 0 amide bonds. The fraction of sp³-hybridized carbons (Fsp3) is 0.625. The molecule has 1 heterocycles. The fourth-order valence-corrected chi connectivity index (χ4v) is 2.78. The van der Waals surface area contributed by atoms with Crippen molar-refractivity contribution in [3.05, 3.63) is 23.8 Å². The molecule has 19 heavy (non-hydrogen) atoms. The summed E-state index contributed by atoms with van der Waals surface area (Å²) in [5.74, 6) is 2.50.